The molecular weight excluding hydrogens is 656 g/mol. The maximum absolute atomic E-state index is 6.08. The lowest BCUT2D eigenvalue weighted by Crippen LogP contribution is -2.47. The van der Waals surface area contributed by atoms with E-state index >= 15 is 0 Å². The molecular formula is C44H80O8. The molecule has 8 aliphatic heterocycles. The van der Waals surface area contributed by atoms with Crippen molar-refractivity contribution in [2.45, 2.75) is 258 Å². The summed E-state index contributed by atoms with van der Waals surface area (Å²) in [4.78, 5) is 0. The summed E-state index contributed by atoms with van der Waals surface area (Å²) in [6.07, 6.45) is 14.0. The molecule has 8 aliphatic rings. The van der Waals surface area contributed by atoms with Crippen molar-refractivity contribution in [3.8, 4) is 0 Å². The van der Waals surface area contributed by atoms with Crippen molar-refractivity contribution in [2.24, 2.45) is 23.7 Å². The van der Waals surface area contributed by atoms with Crippen LogP contribution in [0.1, 0.15) is 188 Å². The molecule has 0 radical (unpaired) electrons. The predicted molar refractivity (Wildman–Crippen MR) is 206 cm³/mol. The van der Waals surface area contributed by atoms with Crippen LogP contribution in [0.2, 0.25) is 0 Å². The van der Waals surface area contributed by atoms with Crippen LogP contribution >= 0.6 is 0 Å². The Bertz CT molecular complexity index is 1050. The van der Waals surface area contributed by atoms with E-state index in [4.69, 9.17) is 37.9 Å². The van der Waals surface area contributed by atoms with Crippen molar-refractivity contribution >= 4 is 0 Å². The van der Waals surface area contributed by atoms with Crippen LogP contribution in [0.25, 0.3) is 0 Å². The average molecular weight is 737 g/mol. The first-order chi connectivity index (χ1) is 24.0. The molecule has 0 N–H and O–H groups in total. The first-order valence-electron chi connectivity index (χ1n) is 21.5. The predicted octanol–water partition coefficient (Wildman–Crippen LogP) is 10.9. The molecule has 8 nitrogen and oxygen atoms in total. The van der Waals surface area contributed by atoms with Gasteiger partial charge in [0.25, 0.3) is 0 Å². The van der Waals surface area contributed by atoms with Gasteiger partial charge in [0.15, 0.2) is 23.1 Å². The Labute approximate surface area is 318 Å². The van der Waals surface area contributed by atoms with Crippen molar-refractivity contribution < 1.29 is 37.9 Å². The van der Waals surface area contributed by atoms with Crippen molar-refractivity contribution in [1.82, 2.24) is 0 Å². The maximum atomic E-state index is 6.08. The molecule has 0 aromatic heterocycles. The van der Waals surface area contributed by atoms with Gasteiger partial charge in [0.2, 0.25) is 0 Å². The van der Waals surface area contributed by atoms with E-state index in [1.54, 1.807) is 0 Å². The fourth-order valence-corrected chi connectivity index (χ4v) is 12.5. The number of ether oxygens (including phenoxy) is 8. The van der Waals surface area contributed by atoms with E-state index in [2.05, 4.69) is 111 Å². The first kappa shape index (κ1) is 42.8. The molecule has 8 unspecified atom stereocenters. The molecule has 16 atom stereocenters. The number of hydrogen-bond acceptors (Lipinski definition) is 8. The van der Waals surface area contributed by atoms with Gasteiger partial charge in [-0.25, -0.2) is 0 Å². The van der Waals surface area contributed by atoms with Crippen molar-refractivity contribution in [3.05, 3.63) is 0 Å². The molecule has 304 valence electrons. The molecule has 0 saturated carbocycles. The fourth-order valence-electron chi connectivity index (χ4n) is 12.5. The number of fused-ring (bicyclic) bond motifs is 8. The highest BCUT2D eigenvalue weighted by Crippen LogP contribution is 2.54. The molecule has 0 aliphatic carbocycles. The Hall–Kier alpha value is -0.320. The quantitative estimate of drug-likeness (QED) is 0.282. The van der Waals surface area contributed by atoms with Crippen LogP contribution in [0, 0.1) is 23.7 Å². The van der Waals surface area contributed by atoms with E-state index < -0.39 is 0 Å². The SMILES string of the molecule is CC[C@]12O[C@@H](C)CC(C)(CC1C)O2.CC[C@]12O[C@@H](C)CC(C)(CC1C)O2.CC[C@]12O[C@H](C)CC(C)(CC1C)O2.CC[C@]12O[C@H](C)CC(C)(CC1C)O2. The van der Waals surface area contributed by atoms with Crippen LogP contribution in [0.4, 0.5) is 0 Å². The van der Waals surface area contributed by atoms with Crippen LogP contribution in [0.3, 0.4) is 0 Å². The van der Waals surface area contributed by atoms with Crippen molar-refractivity contribution in [1.29, 1.82) is 0 Å². The molecule has 0 spiro atoms. The van der Waals surface area contributed by atoms with Crippen LogP contribution < -0.4 is 0 Å². The van der Waals surface area contributed by atoms with Gasteiger partial charge in [-0.2, -0.15) is 0 Å². The van der Waals surface area contributed by atoms with Gasteiger partial charge in [-0.1, -0.05) is 55.4 Å². The summed E-state index contributed by atoms with van der Waals surface area (Å²) in [5.41, 5.74) is 0.306. The Morgan fingerprint density at radius 1 is 0.327 bits per heavy atom. The Balaban J connectivity index is 0.000000134. The lowest BCUT2D eigenvalue weighted by atomic mass is 9.90. The van der Waals surface area contributed by atoms with E-state index in [-0.39, 0.29) is 45.6 Å². The molecule has 0 aromatic rings. The number of rotatable bonds is 4. The average Bonchev–Trinajstić information content (AvgIpc) is 3.51. The van der Waals surface area contributed by atoms with Gasteiger partial charge in [-0.15, -0.1) is 0 Å². The van der Waals surface area contributed by atoms with Gasteiger partial charge in [-0.05, 0) is 107 Å². The Morgan fingerprint density at radius 3 is 0.654 bits per heavy atom. The molecule has 0 aromatic carbocycles. The molecule has 8 rings (SSSR count). The van der Waals surface area contributed by atoms with Crippen molar-refractivity contribution in [2.75, 3.05) is 0 Å². The van der Waals surface area contributed by atoms with Gasteiger partial charge < -0.3 is 37.9 Å². The molecule has 8 heterocycles. The smallest absolute Gasteiger partial charge is 0.171 e. The zero-order valence-electron chi connectivity index (χ0n) is 36.4. The fraction of sp³-hybridized carbons (Fsp3) is 1.00. The maximum Gasteiger partial charge on any atom is 0.171 e. The van der Waals surface area contributed by atoms with Gasteiger partial charge in [0, 0.05) is 49.4 Å². The summed E-state index contributed by atoms with van der Waals surface area (Å²) in [6, 6.07) is 0. The summed E-state index contributed by atoms with van der Waals surface area (Å²) in [6.45, 7) is 35.1. The zero-order valence-corrected chi connectivity index (χ0v) is 36.4. The normalized spacial score (nSPS) is 55.4. The summed E-state index contributed by atoms with van der Waals surface area (Å²) < 4.78 is 48.2. The standard InChI is InChI=1S/4C11H20O2/c4*1-5-11-8(2)6-10(4,13-11)7-9(3)12-11/h4*8-9H,5-7H2,1-4H3/t2*8?,9-,10?,11+;2*8?,9-,10?,11-/m0011/s1. The van der Waals surface area contributed by atoms with E-state index in [1.807, 2.05) is 0 Å². The lowest BCUT2D eigenvalue weighted by molar-refractivity contribution is -0.319. The summed E-state index contributed by atoms with van der Waals surface area (Å²) >= 11 is 0. The minimum absolute atomic E-state index is 0.0765. The third kappa shape index (κ3) is 8.22. The highest BCUT2D eigenvalue weighted by Gasteiger charge is 2.59. The molecule has 8 bridgehead atoms. The highest BCUT2D eigenvalue weighted by molar-refractivity contribution is 5.02. The summed E-state index contributed by atoms with van der Waals surface area (Å²) in [5, 5.41) is 0. The van der Waals surface area contributed by atoms with E-state index in [0.29, 0.717) is 48.1 Å². The summed E-state index contributed by atoms with van der Waals surface area (Å²) in [7, 11) is 0. The second-order valence-electron chi connectivity index (χ2n) is 19.8. The molecule has 8 saturated heterocycles. The van der Waals surface area contributed by atoms with Gasteiger partial charge >= 0.3 is 0 Å². The van der Waals surface area contributed by atoms with E-state index in [9.17, 15) is 0 Å². The second kappa shape index (κ2) is 14.9. The zero-order chi connectivity index (χ0) is 38.8. The monoisotopic (exact) mass is 737 g/mol. The number of hydrogen-bond donors (Lipinski definition) is 0. The Kier molecular flexibility index (Phi) is 12.3. The molecule has 0 amide bonds. The second-order valence-corrected chi connectivity index (χ2v) is 19.8. The van der Waals surface area contributed by atoms with Crippen LogP contribution in [-0.4, -0.2) is 70.0 Å². The van der Waals surface area contributed by atoms with Gasteiger partial charge in [0.05, 0.1) is 46.8 Å². The van der Waals surface area contributed by atoms with E-state index in [0.717, 1.165) is 77.0 Å². The van der Waals surface area contributed by atoms with Crippen LogP contribution in [-0.2, 0) is 37.9 Å². The van der Waals surface area contributed by atoms with Crippen LogP contribution in [0.15, 0.2) is 0 Å². The third-order valence-corrected chi connectivity index (χ3v) is 14.1. The largest absolute Gasteiger partial charge is 0.347 e. The highest BCUT2D eigenvalue weighted by atomic mass is 16.7. The molecule has 52 heavy (non-hydrogen) atoms. The van der Waals surface area contributed by atoms with Crippen LogP contribution in [0.5, 0.6) is 0 Å². The third-order valence-electron chi connectivity index (χ3n) is 14.1. The minimum Gasteiger partial charge on any atom is -0.347 e. The summed E-state index contributed by atoms with van der Waals surface area (Å²) in [5.74, 6) is 1.05. The topological polar surface area (TPSA) is 73.8 Å². The van der Waals surface area contributed by atoms with E-state index in [1.165, 1.54) is 0 Å². The minimum atomic E-state index is -0.271. The Morgan fingerprint density at radius 2 is 0.500 bits per heavy atom. The van der Waals surface area contributed by atoms with Gasteiger partial charge in [-0.3, -0.25) is 0 Å². The molecule has 8 heteroatoms. The molecule has 8 fully saturated rings. The first-order valence-corrected chi connectivity index (χ1v) is 21.5. The van der Waals surface area contributed by atoms with Crippen molar-refractivity contribution in [3.63, 3.8) is 0 Å². The lowest BCUT2D eigenvalue weighted by Gasteiger charge is -2.42. The van der Waals surface area contributed by atoms with Gasteiger partial charge in [0.1, 0.15) is 0 Å².